The molecule has 1 aliphatic heterocycles. The summed E-state index contributed by atoms with van der Waals surface area (Å²) < 4.78 is 0. The van der Waals surface area contributed by atoms with Crippen LogP contribution in [-0.2, 0) is 0 Å². The van der Waals surface area contributed by atoms with Gasteiger partial charge in [0.1, 0.15) is 8.07 Å². The van der Waals surface area contributed by atoms with Crippen LogP contribution in [0.1, 0.15) is 55.4 Å². The van der Waals surface area contributed by atoms with Crippen molar-refractivity contribution in [2.45, 2.75) is 65.5 Å². The molecule has 0 saturated carbocycles. The summed E-state index contributed by atoms with van der Waals surface area (Å²) in [7, 11) is -1.40. The van der Waals surface area contributed by atoms with Crippen LogP contribution in [0.4, 0.5) is 0 Å². The van der Waals surface area contributed by atoms with Gasteiger partial charge in [0.25, 0.3) is 0 Å². The van der Waals surface area contributed by atoms with E-state index in [9.17, 15) is 0 Å². The van der Waals surface area contributed by atoms with E-state index in [1.165, 1.54) is 0 Å². The highest BCUT2D eigenvalue weighted by Crippen LogP contribution is 2.53. The van der Waals surface area contributed by atoms with Crippen LogP contribution < -0.4 is 0 Å². The van der Waals surface area contributed by atoms with Crippen LogP contribution in [0.5, 0.6) is 0 Å². The quantitative estimate of drug-likeness (QED) is 0.492. The first-order valence-corrected chi connectivity index (χ1v) is 8.23. The second-order valence-corrected chi connectivity index (χ2v) is 11.5. The Hall–Kier alpha value is -0.303. The van der Waals surface area contributed by atoms with Crippen LogP contribution in [0.3, 0.4) is 0 Å². The summed E-state index contributed by atoms with van der Waals surface area (Å²) in [6.07, 6.45) is 4.48. The normalized spacial score (nSPS) is 18.7. The van der Waals surface area contributed by atoms with Crippen molar-refractivity contribution in [1.29, 1.82) is 0 Å². The van der Waals surface area contributed by atoms with E-state index in [1.54, 1.807) is 0 Å². The van der Waals surface area contributed by atoms with Gasteiger partial charge in [-0.25, -0.2) is 0 Å². The van der Waals surface area contributed by atoms with E-state index in [4.69, 9.17) is 0 Å². The van der Waals surface area contributed by atoms with Crippen molar-refractivity contribution in [2.75, 3.05) is 0 Å². The Labute approximate surface area is 97.5 Å². The lowest BCUT2D eigenvalue weighted by molar-refractivity contribution is 0.635. The van der Waals surface area contributed by atoms with Crippen molar-refractivity contribution in [1.82, 2.24) is 0 Å². The average molecular weight is 224 g/mol. The largest absolute Gasteiger partial charge is 0.112 e. The molecule has 0 aromatic rings. The molecule has 0 spiro atoms. The SMILES string of the molecule is CC.CC(C)(C)[Si]1(C(C)(C)C)C=CC=C1. The van der Waals surface area contributed by atoms with Gasteiger partial charge in [-0.2, -0.15) is 0 Å². The van der Waals surface area contributed by atoms with Gasteiger partial charge in [-0.3, -0.25) is 0 Å². The smallest absolute Gasteiger partial charge is 0.0896 e. The highest BCUT2D eigenvalue weighted by molar-refractivity contribution is 6.94. The third-order valence-electron chi connectivity index (χ3n) is 3.31. The first kappa shape index (κ1) is 14.7. The highest BCUT2D eigenvalue weighted by Gasteiger charge is 2.49. The molecule has 0 radical (unpaired) electrons. The minimum atomic E-state index is -1.40. The summed E-state index contributed by atoms with van der Waals surface area (Å²) in [4.78, 5) is 0. The Morgan fingerprint density at radius 3 is 1.07 bits per heavy atom. The first-order valence-electron chi connectivity index (χ1n) is 6.08. The standard InChI is InChI=1S/C12H22Si.C2H6/c1-11(2,3)13(12(4,5)6)9-7-8-10-13;1-2/h7-10H,1-6H3;1-2H3. The summed E-state index contributed by atoms with van der Waals surface area (Å²) >= 11 is 0. The summed E-state index contributed by atoms with van der Waals surface area (Å²) in [5.41, 5.74) is 4.99. The zero-order valence-corrected chi connectivity index (χ0v) is 12.8. The van der Waals surface area contributed by atoms with Crippen LogP contribution in [0, 0.1) is 0 Å². The maximum Gasteiger partial charge on any atom is 0.112 e. The Morgan fingerprint density at radius 1 is 0.667 bits per heavy atom. The molecule has 0 N–H and O–H groups in total. The lowest BCUT2D eigenvalue weighted by Gasteiger charge is -2.47. The molecule has 0 atom stereocenters. The van der Waals surface area contributed by atoms with Crippen LogP contribution in [0.2, 0.25) is 10.1 Å². The summed E-state index contributed by atoms with van der Waals surface area (Å²) in [5, 5.41) is 0.851. The second kappa shape index (κ2) is 4.69. The third kappa shape index (κ3) is 2.63. The predicted molar refractivity (Wildman–Crippen MR) is 74.8 cm³/mol. The summed E-state index contributed by atoms with van der Waals surface area (Å²) in [5.74, 6) is 0. The van der Waals surface area contributed by atoms with E-state index in [2.05, 4.69) is 65.1 Å². The lowest BCUT2D eigenvalue weighted by atomic mass is 10.2. The van der Waals surface area contributed by atoms with Crippen molar-refractivity contribution < 1.29 is 0 Å². The lowest BCUT2D eigenvalue weighted by Crippen LogP contribution is -2.47. The fourth-order valence-corrected chi connectivity index (χ4v) is 7.79. The number of hydrogen-bond donors (Lipinski definition) is 0. The van der Waals surface area contributed by atoms with Crippen molar-refractivity contribution in [3.63, 3.8) is 0 Å². The van der Waals surface area contributed by atoms with Gasteiger partial charge in [0, 0.05) is 0 Å². The minimum absolute atomic E-state index is 0.425. The zero-order chi connectivity index (χ0) is 12.3. The molecule has 0 saturated heterocycles. The van der Waals surface area contributed by atoms with Gasteiger partial charge in [0.2, 0.25) is 0 Å². The maximum atomic E-state index is 2.49. The molecule has 1 aliphatic rings. The van der Waals surface area contributed by atoms with Crippen molar-refractivity contribution in [2.24, 2.45) is 0 Å². The molecule has 0 aliphatic carbocycles. The van der Waals surface area contributed by atoms with Crippen LogP contribution >= 0.6 is 0 Å². The van der Waals surface area contributed by atoms with Crippen molar-refractivity contribution >= 4 is 8.07 Å². The van der Waals surface area contributed by atoms with Gasteiger partial charge >= 0.3 is 0 Å². The zero-order valence-electron chi connectivity index (χ0n) is 11.8. The van der Waals surface area contributed by atoms with Gasteiger partial charge < -0.3 is 0 Å². The molecule has 15 heavy (non-hydrogen) atoms. The number of hydrogen-bond acceptors (Lipinski definition) is 0. The third-order valence-corrected chi connectivity index (χ3v) is 9.71. The first-order chi connectivity index (χ1) is 6.71. The Bertz CT molecular complexity index is 217. The van der Waals surface area contributed by atoms with Crippen LogP contribution in [0.25, 0.3) is 0 Å². The highest BCUT2D eigenvalue weighted by atomic mass is 28.3. The maximum absolute atomic E-state index is 2.49. The van der Waals surface area contributed by atoms with Crippen molar-refractivity contribution in [3.8, 4) is 0 Å². The van der Waals surface area contributed by atoms with E-state index < -0.39 is 8.07 Å². The second-order valence-electron chi connectivity index (χ2n) is 6.09. The van der Waals surface area contributed by atoms with E-state index >= 15 is 0 Å². The molecule has 1 rings (SSSR count). The molecule has 88 valence electrons. The Kier molecular flexibility index (Phi) is 4.60. The van der Waals surface area contributed by atoms with Gasteiger partial charge in [0.15, 0.2) is 0 Å². The van der Waals surface area contributed by atoms with Crippen molar-refractivity contribution in [3.05, 3.63) is 23.6 Å². The molecule has 0 bridgehead atoms. The Morgan fingerprint density at radius 2 is 0.933 bits per heavy atom. The molecule has 1 heterocycles. The van der Waals surface area contributed by atoms with Gasteiger partial charge in [-0.15, -0.1) is 0 Å². The molecule has 0 fully saturated rings. The van der Waals surface area contributed by atoms with E-state index in [-0.39, 0.29) is 0 Å². The molecule has 1 heteroatoms. The fourth-order valence-electron chi connectivity index (χ4n) is 2.60. The average Bonchev–Trinajstić information content (AvgIpc) is 2.53. The van der Waals surface area contributed by atoms with Gasteiger partial charge in [-0.05, 0) is 10.1 Å². The molecular formula is C14H28Si. The predicted octanol–water partition coefficient (Wildman–Crippen LogP) is 5.27. The molecule has 0 unspecified atom stereocenters. The van der Waals surface area contributed by atoms with E-state index in [1.807, 2.05) is 13.8 Å². The Balaban J connectivity index is 0.000000921. The molecule has 0 nitrogen and oxygen atoms in total. The van der Waals surface area contributed by atoms with E-state index in [0.717, 1.165) is 0 Å². The fraction of sp³-hybridized carbons (Fsp3) is 0.714. The van der Waals surface area contributed by atoms with Gasteiger partial charge in [-0.1, -0.05) is 78.9 Å². The molecule has 0 aromatic carbocycles. The minimum Gasteiger partial charge on any atom is -0.0896 e. The summed E-state index contributed by atoms with van der Waals surface area (Å²) in [6.45, 7) is 18.3. The number of rotatable bonds is 0. The molecule has 0 amide bonds. The molecule has 0 aromatic heterocycles. The van der Waals surface area contributed by atoms with Crippen LogP contribution in [0.15, 0.2) is 23.6 Å². The monoisotopic (exact) mass is 224 g/mol. The summed E-state index contributed by atoms with van der Waals surface area (Å²) in [6, 6.07) is 0. The van der Waals surface area contributed by atoms with E-state index in [0.29, 0.717) is 10.1 Å². The topological polar surface area (TPSA) is 0 Å². The van der Waals surface area contributed by atoms with Gasteiger partial charge in [0.05, 0.1) is 0 Å². The van der Waals surface area contributed by atoms with Crippen LogP contribution in [-0.4, -0.2) is 8.07 Å². The number of allylic oxidation sites excluding steroid dienone is 2. The molecular weight excluding hydrogens is 196 g/mol.